The average Bonchev–Trinajstić information content (AvgIpc) is 3.07. The van der Waals surface area contributed by atoms with Crippen LogP contribution in [0.25, 0.3) is 11.0 Å². The number of nitrogens with one attached hydrogen (secondary N) is 1. The Balaban J connectivity index is 1.65. The Morgan fingerprint density at radius 1 is 1.45 bits per heavy atom. The van der Waals surface area contributed by atoms with Crippen molar-refractivity contribution in [3.05, 3.63) is 30.6 Å². The van der Waals surface area contributed by atoms with Crippen LogP contribution in [0.1, 0.15) is 19.4 Å². The predicted molar refractivity (Wildman–Crippen MR) is 84.2 cm³/mol. The first-order valence-electron chi connectivity index (χ1n) is 7.36. The maximum absolute atomic E-state index is 12.3. The van der Waals surface area contributed by atoms with E-state index in [0.29, 0.717) is 13.0 Å². The lowest BCUT2D eigenvalue weighted by Crippen LogP contribution is -2.34. The first kappa shape index (κ1) is 15.0. The van der Waals surface area contributed by atoms with E-state index in [4.69, 9.17) is 0 Å². The molecule has 6 nitrogen and oxygen atoms in total. The quantitative estimate of drug-likeness (QED) is 0.916. The fourth-order valence-electron chi connectivity index (χ4n) is 2.84. The van der Waals surface area contributed by atoms with Gasteiger partial charge in [0.05, 0.1) is 28.9 Å². The molecule has 0 aliphatic carbocycles. The van der Waals surface area contributed by atoms with Crippen LogP contribution in [-0.2, 0) is 14.6 Å². The van der Waals surface area contributed by atoms with Crippen LogP contribution in [0.3, 0.4) is 0 Å². The third-order valence-corrected chi connectivity index (χ3v) is 6.01. The molecular weight excluding hydrogens is 302 g/mol. The number of aromatic nitrogens is 2. The van der Waals surface area contributed by atoms with E-state index in [1.54, 1.807) is 6.33 Å². The lowest BCUT2D eigenvalue weighted by Gasteiger charge is -2.16. The standard InChI is InChI=1S/C15H19N3O3S/c1-11(18-10-17-13-4-2-3-5-14(13)18)15(19)16-8-12-6-7-22(20,21)9-12/h2-5,10-12H,6-9H2,1H3,(H,16,19)/t11-,12-/m1/s1. The molecule has 22 heavy (non-hydrogen) atoms. The summed E-state index contributed by atoms with van der Waals surface area (Å²) >= 11 is 0. The summed E-state index contributed by atoms with van der Waals surface area (Å²) in [4.78, 5) is 16.6. The van der Waals surface area contributed by atoms with E-state index >= 15 is 0 Å². The summed E-state index contributed by atoms with van der Waals surface area (Å²) in [6, 6.07) is 7.26. The topological polar surface area (TPSA) is 81.1 Å². The number of hydrogen-bond donors (Lipinski definition) is 1. The number of para-hydroxylation sites is 2. The fourth-order valence-corrected chi connectivity index (χ4v) is 4.70. The number of benzene rings is 1. The third kappa shape index (κ3) is 2.99. The molecule has 7 heteroatoms. The molecule has 1 aliphatic heterocycles. The summed E-state index contributed by atoms with van der Waals surface area (Å²) in [5.41, 5.74) is 1.76. The average molecular weight is 321 g/mol. The SMILES string of the molecule is C[C@H](C(=O)NC[C@H]1CCS(=O)(=O)C1)n1cnc2ccccc21. The fraction of sp³-hybridized carbons (Fsp3) is 0.467. The van der Waals surface area contributed by atoms with E-state index in [-0.39, 0.29) is 29.4 Å². The van der Waals surface area contributed by atoms with Crippen molar-refractivity contribution in [2.75, 3.05) is 18.1 Å². The summed E-state index contributed by atoms with van der Waals surface area (Å²) in [7, 11) is -2.90. The van der Waals surface area contributed by atoms with Crippen LogP contribution in [0.4, 0.5) is 0 Å². The molecule has 2 aromatic rings. The Labute approximate surface area is 129 Å². The minimum Gasteiger partial charge on any atom is -0.354 e. The van der Waals surface area contributed by atoms with E-state index in [1.165, 1.54) is 0 Å². The molecule has 0 bridgehead atoms. The number of imidazole rings is 1. The molecule has 1 saturated heterocycles. The first-order valence-corrected chi connectivity index (χ1v) is 9.18. The Kier molecular flexibility index (Phi) is 3.90. The van der Waals surface area contributed by atoms with Crippen LogP contribution in [0, 0.1) is 5.92 Å². The second-order valence-electron chi connectivity index (χ2n) is 5.83. The van der Waals surface area contributed by atoms with Crippen molar-refractivity contribution in [1.82, 2.24) is 14.9 Å². The van der Waals surface area contributed by atoms with Gasteiger partial charge >= 0.3 is 0 Å². The molecule has 1 fully saturated rings. The molecule has 1 aliphatic rings. The van der Waals surface area contributed by atoms with Crippen LogP contribution in [0.2, 0.25) is 0 Å². The molecule has 0 radical (unpaired) electrons. The summed E-state index contributed by atoms with van der Waals surface area (Å²) in [6.07, 6.45) is 2.29. The van der Waals surface area contributed by atoms with Gasteiger partial charge in [0.1, 0.15) is 6.04 Å². The van der Waals surface area contributed by atoms with Gasteiger partial charge in [-0.05, 0) is 31.4 Å². The van der Waals surface area contributed by atoms with Crippen molar-refractivity contribution in [2.24, 2.45) is 5.92 Å². The zero-order valence-corrected chi connectivity index (χ0v) is 13.2. The maximum Gasteiger partial charge on any atom is 0.242 e. The van der Waals surface area contributed by atoms with Crippen molar-refractivity contribution in [1.29, 1.82) is 0 Å². The minimum absolute atomic E-state index is 0.0284. The molecule has 3 rings (SSSR count). The largest absolute Gasteiger partial charge is 0.354 e. The smallest absolute Gasteiger partial charge is 0.242 e. The third-order valence-electron chi connectivity index (χ3n) is 4.17. The van der Waals surface area contributed by atoms with E-state index in [9.17, 15) is 13.2 Å². The highest BCUT2D eigenvalue weighted by atomic mass is 32.2. The summed E-state index contributed by atoms with van der Waals surface area (Å²) in [5.74, 6) is 0.318. The predicted octanol–water partition coefficient (Wildman–Crippen LogP) is 1.15. The monoisotopic (exact) mass is 321 g/mol. The Hall–Kier alpha value is -1.89. The number of carbonyl (C=O) groups excluding carboxylic acids is 1. The van der Waals surface area contributed by atoms with Crippen LogP contribution < -0.4 is 5.32 Å². The molecular formula is C15H19N3O3S. The second kappa shape index (κ2) is 5.72. The van der Waals surface area contributed by atoms with Gasteiger partial charge in [-0.25, -0.2) is 13.4 Å². The Bertz CT molecular complexity index is 797. The van der Waals surface area contributed by atoms with Gasteiger partial charge in [0.2, 0.25) is 5.91 Å². The van der Waals surface area contributed by atoms with Gasteiger partial charge in [0.25, 0.3) is 0 Å². The molecule has 118 valence electrons. The van der Waals surface area contributed by atoms with Crippen molar-refractivity contribution < 1.29 is 13.2 Å². The van der Waals surface area contributed by atoms with Crippen LogP contribution in [0.15, 0.2) is 30.6 Å². The van der Waals surface area contributed by atoms with Gasteiger partial charge in [0.15, 0.2) is 9.84 Å². The van der Waals surface area contributed by atoms with Crippen LogP contribution in [0.5, 0.6) is 0 Å². The van der Waals surface area contributed by atoms with Crippen LogP contribution >= 0.6 is 0 Å². The molecule has 1 N–H and O–H groups in total. The number of carbonyl (C=O) groups is 1. The molecule has 1 amide bonds. The lowest BCUT2D eigenvalue weighted by atomic mass is 10.1. The zero-order valence-electron chi connectivity index (χ0n) is 12.4. The van der Waals surface area contributed by atoms with E-state index in [2.05, 4.69) is 10.3 Å². The van der Waals surface area contributed by atoms with Gasteiger partial charge in [0, 0.05) is 6.54 Å². The maximum atomic E-state index is 12.3. The Morgan fingerprint density at radius 3 is 2.95 bits per heavy atom. The van der Waals surface area contributed by atoms with E-state index in [0.717, 1.165) is 11.0 Å². The highest BCUT2D eigenvalue weighted by Crippen LogP contribution is 2.19. The number of sulfone groups is 1. The summed E-state index contributed by atoms with van der Waals surface area (Å²) < 4.78 is 24.7. The number of hydrogen-bond acceptors (Lipinski definition) is 4. The summed E-state index contributed by atoms with van der Waals surface area (Å²) in [5, 5.41) is 2.86. The van der Waals surface area contributed by atoms with Crippen molar-refractivity contribution >= 4 is 26.8 Å². The minimum atomic E-state index is -2.90. The number of rotatable bonds is 4. The zero-order chi connectivity index (χ0) is 15.7. The van der Waals surface area contributed by atoms with Crippen molar-refractivity contribution in [3.63, 3.8) is 0 Å². The van der Waals surface area contributed by atoms with E-state index in [1.807, 2.05) is 35.8 Å². The molecule has 1 aromatic heterocycles. The first-order chi connectivity index (χ1) is 10.5. The molecule has 2 heterocycles. The Morgan fingerprint density at radius 2 is 2.23 bits per heavy atom. The molecule has 0 saturated carbocycles. The molecule has 0 spiro atoms. The highest BCUT2D eigenvalue weighted by molar-refractivity contribution is 7.91. The van der Waals surface area contributed by atoms with Crippen LogP contribution in [-0.4, -0.2) is 41.9 Å². The molecule has 1 aromatic carbocycles. The van der Waals surface area contributed by atoms with E-state index < -0.39 is 9.84 Å². The van der Waals surface area contributed by atoms with Crippen molar-refractivity contribution in [3.8, 4) is 0 Å². The van der Waals surface area contributed by atoms with Gasteiger partial charge in [-0.2, -0.15) is 0 Å². The van der Waals surface area contributed by atoms with Gasteiger partial charge in [-0.15, -0.1) is 0 Å². The molecule has 2 atom stereocenters. The number of nitrogens with zero attached hydrogens (tertiary/aromatic N) is 2. The number of fused-ring (bicyclic) bond motifs is 1. The highest BCUT2D eigenvalue weighted by Gasteiger charge is 2.28. The van der Waals surface area contributed by atoms with Gasteiger partial charge in [-0.3, -0.25) is 4.79 Å². The molecule has 0 unspecified atom stereocenters. The van der Waals surface area contributed by atoms with Crippen molar-refractivity contribution in [2.45, 2.75) is 19.4 Å². The van der Waals surface area contributed by atoms with Gasteiger partial charge < -0.3 is 9.88 Å². The normalized spacial score (nSPS) is 21.8. The number of amides is 1. The van der Waals surface area contributed by atoms with Gasteiger partial charge in [-0.1, -0.05) is 12.1 Å². The second-order valence-corrected chi connectivity index (χ2v) is 8.06. The lowest BCUT2D eigenvalue weighted by molar-refractivity contribution is -0.123. The summed E-state index contributed by atoms with van der Waals surface area (Å²) in [6.45, 7) is 2.23.